The van der Waals surface area contributed by atoms with Gasteiger partial charge in [0.15, 0.2) is 10.8 Å². The number of thioether (sulfide) groups is 1. The molecule has 0 fully saturated rings. The monoisotopic (exact) mass is 336 g/mol. The van der Waals surface area contributed by atoms with E-state index in [-0.39, 0.29) is 16.7 Å². The molecule has 1 N–H and O–H groups in total. The molecule has 8 heteroatoms. The van der Waals surface area contributed by atoms with E-state index in [1.54, 1.807) is 4.40 Å². The fourth-order valence-electron chi connectivity index (χ4n) is 1.83. The van der Waals surface area contributed by atoms with Crippen LogP contribution in [0.2, 0.25) is 5.02 Å². The third kappa shape index (κ3) is 3.20. The van der Waals surface area contributed by atoms with Crippen LogP contribution in [0.3, 0.4) is 0 Å². The molecule has 0 saturated carbocycles. The number of rotatable bonds is 4. The van der Waals surface area contributed by atoms with Gasteiger partial charge in [-0.05, 0) is 30.3 Å². The van der Waals surface area contributed by atoms with Crippen LogP contribution in [-0.2, 0) is 4.79 Å². The molecule has 2 heterocycles. The summed E-state index contributed by atoms with van der Waals surface area (Å²) < 4.78 is 14.7. The number of carbonyl (C=O) groups excluding carboxylic acids is 1. The molecule has 5 nitrogen and oxygen atoms in total. The number of fused-ring (bicyclic) bond motifs is 1. The number of hydrogen-bond acceptors (Lipinski definition) is 4. The van der Waals surface area contributed by atoms with Crippen LogP contribution in [0.25, 0.3) is 5.65 Å². The normalized spacial score (nSPS) is 10.8. The van der Waals surface area contributed by atoms with Crippen LogP contribution < -0.4 is 5.32 Å². The molecular formula is C14H10ClFN4OS. The number of nitrogens with one attached hydrogen (secondary N) is 1. The summed E-state index contributed by atoms with van der Waals surface area (Å²) in [5.41, 5.74) is 1.09. The standard InChI is InChI=1S/C14H10ClFN4OS/c15-10-7-9(16)4-5-11(10)17-13(21)8-22-14-19-18-12-3-1-2-6-20(12)14/h1-7H,8H2,(H,17,21). The van der Waals surface area contributed by atoms with Crippen molar-refractivity contribution < 1.29 is 9.18 Å². The predicted molar refractivity (Wildman–Crippen MR) is 83.8 cm³/mol. The molecule has 1 amide bonds. The zero-order valence-corrected chi connectivity index (χ0v) is 12.7. The smallest absolute Gasteiger partial charge is 0.234 e. The summed E-state index contributed by atoms with van der Waals surface area (Å²) in [5.74, 6) is -0.567. The van der Waals surface area contributed by atoms with Gasteiger partial charge in [0.25, 0.3) is 0 Å². The third-order valence-corrected chi connectivity index (χ3v) is 4.08. The number of amides is 1. The SMILES string of the molecule is O=C(CSc1nnc2ccccn12)Nc1ccc(F)cc1Cl. The Kier molecular flexibility index (Phi) is 4.26. The predicted octanol–water partition coefficient (Wildman–Crippen LogP) is 3.25. The molecule has 3 rings (SSSR count). The average Bonchev–Trinajstić information content (AvgIpc) is 2.91. The second-order valence-corrected chi connectivity index (χ2v) is 5.72. The Hall–Kier alpha value is -2.12. The van der Waals surface area contributed by atoms with E-state index >= 15 is 0 Å². The van der Waals surface area contributed by atoms with E-state index in [2.05, 4.69) is 15.5 Å². The van der Waals surface area contributed by atoms with Gasteiger partial charge in [-0.2, -0.15) is 0 Å². The van der Waals surface area contributed by atoms with Crippen LogP contribution in [-0.4, -0.2) is 26.3 Å². The molecule has 112 valence electrons. The number of carbonyl (C=O) groups is 1. The Morgan fingerprint density at radius 1 is 1.32 bits per heavy atom. The van der Waals surface area contributed by atoms with Gasteiger partial charge in [0.2, 0.25) is 5.91 Å². The molecule has 3 aromatic rings. The molecule has 0 radical (unpaired) electrons. The fraction of sp³-hybridized carbons (Fsp3) is 0.0714. The number of hydrogen-bond donors (Lipinski definition) is 1. The van der Waals surface area contributed by atoms with Crippen molar-refractivity contribution in [3.63, 3.8) is 0 Å². The van der Waals surface area contributed by atoms with E-state index in [4.69, 9.17) is 11.6 Å². The Bertz CT molecular complexity index is 839. The minimum atomic E-state index is -0.452. The van der Waals surface area contributed by atoms with Crippen molar-refractivity contribution in [1.82, 2.24) is 14.6 Å². The van der Waals surface area contributed by atoms with Crippen molar-refractivity contribution in [3.05, 3.63) is 53.4 Å². The van der Waals surface area contributed by atoms with Gasteiger partial charge in [0.1, 0.15) is 5.82 Å². The van der Waals surface area contributed by atoms with Crippen molar-refractivity contribution in [2.45, 2.75) is 5.16 Å². The lowest BCUT2D eigenvalue weighted by Gasteiger charge is -2.06. The van der Waals surface area contributed by atoms with E-state index in [9.17, 15) is 9.18 Å². The van der Waals surface area contributed by atoms with Crippen molar-refractivity contribution in [2.24, 2.45) is 0 Å². The maximum atomic E-state index is 12.9. The van der Waals surface area contributed by atoms with Crippen molar-refractivity contribution in [2.75, 3.05) is 11.1 Å². The average molecular weight is 337 g/mol. The number of benzene rings is 1. The summed E-state index contributed by atoms with van der Waals surface area (Å²) >= 11 is 7.12. The zero-order chi connectivity index (χ0) is 15.5. The van der Waals surface area contributed by atoms with E-state index in [0.717, 1.165) is 6.07 Å². The molecule has 0 saturated heterocycles. The molecule has 0 unspecified atom stereocenters. The maximum absolute atomic E-state index is 12.9. The van der Waals surface area contributed by atoms with Crippen LogP contribution in [0.1, 0.15) is 0 Å². The molecule has 0 bridgehead atoms. The van der Waals surface area contributed by atoms with Crippen molar-refractivity contribution >= 4 is 40.6 Å². The van der Waals surface area contributed by atoms with E-state index in [1.807, 2.05) is 24.4 Å². The van der Waals surface area contributed by atoms with Gasteiger partial charge in [-0.15, -0.1) is 10.2 Å². The van der Waals surface area contributed by atoms with Crippen LogP contribution in [0.5, 0.6) is 0 Å². The summed E-state index contributed by atoms with van der Waals surface area (Å²) in [7, 11) is 0. The topological polar surface area (TPSA) is 59.3 Å². The Labute approximate surface area is 134 Å². The Balaban J connectivity index is 1.65. The molecule has 0 spiro atoms. The van der Waals surface area contributed by atoms with Gasteiger partial charge in [-0.3, -0.25) is 9.20 Å². The third-order valence-electron chi connectivity index (χ3n) is 2.82. The molecule has 0 aliphatic carbocycles. The minimum Gasteiger partial charge on any atom is -0.324 e. The maximum Gasteiger partial charge on any atom is 0.234 e. The highest BCUT2D eigenvalue weighted by atomic mass is 35.5. The number of halogens is 2. The highest BCUT2D eigenvalue weighted by molar-refractivity contribution is 7.99. The number of aromatic nitrogens is 3. The number of anilines is 1. The highest BCUT2D eigenvalue weighted by Gasteiger charge is 2.10. The first kappa shape index (κ1) is 14.8. The molecule has 22 heavy (non-hydrogen) atoms. The van der Waals surface area contributed by atoms with Crippen molar-refractivity contribution in [1.29, 1.82) is 0 Å². The first-order valence-electron chi connectivity index (χ1n) is 6.31. The van der Waals surface area contributed by atoms with Gasteiger partial charge in [-0.1, -0.05) is 29.4 Å². The first-order valence-corrected chi connectivity index (χ1v) is 7.67. The Morgan fingerprint density at radius 2 is 2.18 bits per heavy atom. The second kappa shape index (κ2) is 6.33. The van der Waals surface area contributed by atoms with Gasteiger partial charge in [0, 0.05) is 6.20 Å². The lowest BCUT2D eigenvalue weighted by atomic mass is 10.3. The molecular weight excluding hydrogens is 327 g/mol. The zero-order valence-electron chi connectivity index (χ0n) is 11.2. The summed E-state index contributed by atoms with van der Waals surface area (Å²) in [6.07, 6.45) is 1.83. The number of pyridine rings is 1. The lowest BCUT2D eigenvalue weighted by Crippen LogP contribution is -2.14. The van der Waals surface area contributed by atoms with E-state index < -0.39 is 5.82 Å². The second-order valence-electron chi connectivity index (χ2n) is 4.37. The van der Waals surface area contributed by atoms with Crippen LogP contribution in [0, 0.1) is 5.82 Å². The molecule has 1 aromatic carbocycles. The van der Waals surface area contributed by atoms with Crippen LogP contribution >= 0.6 is 23.4 Å². The summed E-state index contributed by atoms with van der Waals surface area (Å²) in [6.45, 7) is 0. The largest absolute Gasteiger partial charge is 0.324 e. The summed E-state index contributed by atoms with van der Waals surface area (Å²) in [6, 6.07) is 9.36. The van der Waals surface area contributed by atoms with Gasteiger partial charge < -0.3 is 5.32 Å². The first-order chi connectivity index (χ1) is 10.6. The molecule has 0 aliphatic rings. The molecule has 0 aliphatic heterocycles. The van der Waals surface area contributed by atoms with Crippen LogP contribution in [0.15, 0.2) is 47.8 Å². The van der Waals surface area contributed by atoms with Gasteiger partial charge in [0.05, 0.1) is 16.5 Å². The van der Waals surface area contributed by atoms with E-state index in [1.165, 1.54) is 23.9 Å². The summed E-state index contributed by atoms with van der Waals surface area (Å²) in [4.78, 5) is 11.9. The van der Waals surface area contributed by atoms with Gasteiger partial charge in [-0.25, -0.2) is 4.39 Å². The quantitative estimate of drug-likeness (QED) is 0.743. The van der Waals surface area contributed by atoms with Crippen LogP contribution in [0.4, 0.5) is 10.1 Å². The molecule has 2 aromatic heterocycles. The highest BCUT2D eigenvalue weighted by Crippen LogP contribution is 2.23. The Morgan fingerprint density at radius 3 is 3.00 bits per heavy atom. The molecule has 0 atom stereocenters. The lowest BCUT2D eigenvalue weighted by molar-refractivity contribution is -0.113. The number of nitrogens with zero attached hydrogens (tertiary/aromatic N) is 3. The van der Waals surface area contributed by atoms with Gasteiger partial charge >= 0.3 is 0 Å². The van der Waals surface area contributed by atoms with Crippen molar-refractivity contribution in [3.8, 4) is 0 Å². The minimum absolute atomic E-state index is 0.142. The fourth-order valence-corrected chi connectivity index (χ4v) is 2.76. The van der Waals surface area contributed by atoms with E-state index in [0.29, 0.717) is 16.5 Å². The summed E-state index contributed by atoms with van der Waals surface area (Å²) in [5, 5.41) is 11.4.